The van der Waals surface area contributed by atoms with Crippen LogP contribution in [0.3, 0.4) is 0 Å². The van der Waals surface area contributed by atoms with Crippen LogP contribution in [0.1, 0.15) is 147 Å². The lowest BCUT2D eigenvalue weighted by Crippen LogP contribution is -1.93. The van der Waals surface area contributed by atoms with Crippen molar-refractivity contribution in [3.05, 3.63) is 23.7 Å². The highest BCUT2D eigenvalue weighted by atomic mass is 16.4. The summed E-state index contributed by atoms with van der Waals surface area (Å²) < 4.78 is 6.02. The zero-order chi connectivity index (χ0) is 22.4. The van der Waals surface area contributed by atoms with E-state index in [9.17, 15) is 4.79 Å². The Morgan fingerprint density at radius 2 is 0.968 bits per heavy atom. The molecule has 1 heterocycles. The number of hydrogen-bond acceptors (Lipinski definition) is 2. The summed E-state index contributed by atoms with van der Waals surface area (Å²) >= 11 is 0. The van der Waals surface area contributed by atoms with Crippen molar-refractivity contribution in [3.63, 3.8) is 0 Å². The number of hydrogen-bond donors (Lipinski definition) is 1. The standard InChI is InChI=1S/C28H50O3/c1-2-3-4-5-12-15-18-21-26-24-25-27(31-26)22-19-16-13-10-8-6-7-9-11-14-17-20-23-28(29)30/h24-25H,2-23H2,1H3,(H,29,30). The summed E-state index contributed by atoms with van der Waals surface area (Å²) in [5, 5.41) is 8.61. The molecule has 0 unspecified atom stereocenters. The molecular weight excluding hydrogens is 384 g/mol. The molecule has 0 saturated carbocycles. The molecule has 0 aromatic carbocycles. The van der Waals surface area contributed by atoms with Gasteiger partial charge in [-0.25, -0.2) is 0 Å². The van der Waals surface area contributed by atoms with Crippen LogP contribution in [0.15, 0.2) is 16.5 Å². The first-order chi connectivity index (χ1) is 15.2. The van der Waals surface area contributed by atoms with Crippen molar-refractivity contribution in [1.29, 1.82) is 0 Å². The van der Waals surface area contributed by atoms with Gasteiger partial charge in [-0.05, 0) is 31.4 Å². The molecule has 0 saturated heterocycles. The molecule has 0 radical (unpaired) electrons. The molecule has 1 rings (SSSR count). The summed E-state index contributed by atoms with van der Waals surface area (Å²) in [6.45, 7) is 2.27. The van der Waals surface area contributed by atoms with E-state index in [0.29, 0.717) is 6.42 Å². The van der Waals surface area contributed by atoms with E-state index in [0.717, 1.165) is 25.7 Å². The molecule has 0 bridgehead atoms. The van der Waals surface area contributed by atoms with Crippen molar-refractivity contribution < 1.29 is 14.3 Å². The smallest absolute Gasteiger partial charge is 0.303 e. The van der Waals surface area contributed by atoms with E-state index in [-0.39, 0.29) is 0 Å². The molecule has 0 aliphatic carbocycles. The molecule has 1 aromatic rings. The summed E-state index contributed by atoms with van der Waals surface area (Å²) in [6, 6.07) is 4.39. The number of aryl methyl sites for hydroxylation is 2. The number of aliphatic carboxylic acids is 1. The van der Waals surface area contributed by atoms with Gasteiger partial charge in [0.15, 0.2) is 0 Å². The minimum absolute atomic E-state index is 0.334. The second-order valence-corrected chi connectivity index (χ2v) is 9.38. The molecule has 0 atom stereocenters. The maximum absolute atomic E-state index is 10.4. The first-order valence-electron chi connectivity index (χ1n) is 13.5. The number of carbonyl (C=O) groups is 1. The van der Waals surface area contributed by atoms with Crippen LogP contribution in [0.4, 0.5) is 0 Å². The van der Waals surface area contributed by atoms with Crippen LogP contribution in [-0.4, -0.2) is 11.1 Å². The van der Waals surface area contributed by atoms with Gasteiger partial charge < -0.3 is 9.52 Å². The van der Waals surface area contributed by atoms with E-state index in [1.807, 2.05) is 0 Å². The summed E-state index contributed by atoms with van der Waals surface area (Å²) in [5.41, 5.74) is 0. The van der Waals surface area contributed by atoms with Crippen molar-refractivity contribution in [2.45, 2.75) is 148 Å². The topological polar surface area (TPSA) is 50.4 Å². The monoisotopic (exact) mass is 434 g/mol. The van der Waals surface area contributed by atoms with E-state index < -0.39 is 5.97 Å². The number of furan rings is 1. The second-order valence-electron chi connectivity index (χ2n) is 9.38. The number of carboxylic acid groups (broad SMARTS) is 1. The Morgan fingerprint density at radius 3 is 1.35 bits per heavy atom. The van der Waals surface area contributed by atoms with E-state index in [1.165, 1.54) is 121 Å². The van der Waals surface area contributed by atoms with Crippen molar-refractivity contribution >= 4 is 5.97 Å². The summed E-state index contributed by atoms with van der Waals surface area (Å²) in [5.74, 6) is 1.71. The van der Waals surface area contributed by atoms with Gasteiger partial charge in [-0.3, -0.25) is 4.79 Å². The van der Waals surface area contributed by atoms with Crippen LogP contribution in [-0.2, 0) is 17.6 Å². The minimum atomic E-state index is -0.660. The first-order valence-corrected chi connectivity index (χ1v) is 13.5. The Morgan fingerprint density at radius 1 is 0.613 bits per heavy atom. The van der Waals surface area contributed by atoms with Crippen LogP contribution < -0.4 is 0 Å². The number of carboxylic acids is 1. The highest BCUT2D eigenvalue weighted by Gasteiger charge is 2.03. The summed E-state index contributed by atoms with van der Waals surface area (Å²) in [6.07, 6.45) is 27.1. The Balaban J connectivity index is 1.84. The van der Waals surface area contributed by atoms with Crippen LogP contribution in [0.2, 0.25) is 0 Å². The Labute approximate surface area is 192 Å². The van der Waals surface area contributed by atoms with Gasteiger partial charge in [-0.1, -0.05) is 110 Å². The SMILES string of the molecule is CCCCCCCCCc1ccc(CCCCCCCCCCCCCCC(=O)O)o1. The average molecular weight is 435 g/mol. The molecule has 1 N–H and O–H groups in total. The Kier molecular flexibility index (Phi) is 18.5. The van der Waals surface area contributed by atoms with Gasteiger partial charge in [0, 0.05) is 19.3 Å². The largest absolute Gasteiger partial charge is 0.481 e. The van der Waals surface area contributed by atoms with Gasteiger partial charge in [0.2, 0.25) is 0 Å². The van der Waals surface area contributed by atoms with Gasteiger partial charge in [-0.15, -0.1) is 0 Å². The fourth-order valence-electron chi connectivity index (χ4n) is 4.29. The molecule has 31 heavy (non-hydrogen) atoms. The molecule has 0 fully saturated rings. The van der Waals surface area contributed by atoms with E-state index in [1.54, 1.807) is 0 Å². The molecular formula is C28H50O3. The number of unbranched alkanes of at least 4 members (excludes halogenated alkanes) is 17. The predicted molar refractivity (Wildman–Crippen MR) is 132 cm³/mol. The fourth-order valence-corrected chi connectivity index (χ4v) is 4.29. The van der Waals surface area contributed by atoms with Gasteiger partial charge >= 0.3 is 5.97 Å². The minimum Gasteiger partial charge on any atom is -0.481 e. The van der Waals surface area contributed by atoms with Gasteiger partial charge in [0.25, 0.3) is 0 Å². The third-order valence-electron chi connectivity index (χ3n) is 6.31. The zero-order valence-electron chi connectivity index (χ0n) is 20.5. The van der Waals surface area contributed by atoms with Crippen LogP contribution >= 0.6 is 0 Å². The van der Waals surface area contributed by atoms with Crippen LogP contribution in [0.5, 0.6) is 0 Å². The maximum atomic E-state index is 10.4. The number of rotatable bonds is 23. The van der Waals surface area contributed by atoms with E-state index in [2.05, 4.69) is 19.1 Å². The predicted octanol–water partition coefficient (Wildman–Crippen LogP) is 9.27. The van der Waals surface area contributed by atoms with E-state index in [4.69, 9.17) is 9.52 Å². The summed E-state index contributed by atoms with van der Waals surface area (Å²) in [7, 11) is 0. The molecule has 0 aliphatic heterocycles. The molecule has 0 aliphatic rings. The quantitative estimate of drug-likeness (QED) is 0.175. The Hall–Kier alpha value is -1.25. The zero-order valence-corrected chi connectivity index (χ0v) is 20.5. The van der Waals surface area contributed by atoms with Crippen molar-refractivity contribution in [1.82, 2.24) is 0 Å². The lowest BCUT2D eigenvalue weighted by atomic mass is 10.0. The third kappa shape index (κ3) is 18.1. The molecule has 0 spiro atoms. The molecule has 3 heteroatoms. The molecule has 0 amide bonds. The summed E-state index contributed by atoms with van der Waals surface area (Å²) in [4.78, 5) is 10.4. The first kappa shape index (κ1) is 27.8. The average Bonchev–Trinajstić information content (AvgIpc) is 3.20. The fraction of sp³-hybridized carbons (Fsp3) is 0.821. The maximum Gasteiger partial charge on any atom is 0.303 e. The normalized spacial score (nSPS) is 11.3. The second kappa shape index (κ2) is 20.6. The lowest BCUT2D eigenvalue weighted by Gasteiger charge is -2.03. The van der Waals surface area contributed by atoms with E-state index >= 15 is 0 Å². The van der Waals surface area contributed by atoms with Gasteiger partial charge in [-0.2, -0.15) is 0 Å². The molecule has 1 aromatic heterocycles. The van der Waals surface area contributed by atoms with Gasteiger partial charge in [0.1, 0.15) is 11.5 Å². The Bertz CT molecular complexity index is 520. The third-order valence-corrected chi connectivity index (χ3v) is 6.31. The highest BCUT2D eigenvalue weighted by molar-refractivity contribution is 5.66. The van der Waals surface area contributed by atoms with Crippen molar-refractivity contribution in [3.8, 4) is 0 Å². The van der Waals surface area contributed by atoms with Crippen LogP contribution in [0, 0.1) is 0 Å². The van der Waals surface area contributed by atoms with Gasteiger partial charge in [0.05, 0.1) is 0 Å². The molecule has 180 valence electrons. The lowest BCUT2D eigenvalue weighted by molar-refractivity contribution is -0.137. The van der Waals surface area contributed by atoms with Crippen molar-refractivity contribution in [2.75, 3.05) is 0 Å². The highest BCUT2D eigenvalue weighted by Crippen LogP contribution is 2.17. The van der Waals surface area contributed by atoms with Crippen LogP contribution in [0.25, 0.3) is 0 Å². The van der Waals surface area contributed by atoms with Crippen molar-refractivity contribution in [2.24, 2.45) is 0 Å². The molecule has 3 nitrogen and oxygen atoms in total.